The summed E-state index contributed by atoms with van der Waals surface area (Å²) in [5.74, 6) is 0.907. The van der Waals surface area contributed by atoms with E-state index in [2.05, 4.69) is 20.5 Å². The van der Waals surface area contributed by atoms with Gasteiger partial charge in [0.05, 0.1) is 17.9 Å². The van der Waals surface area contributed by atoms with Crippen LogP contribution in [0.3, 0.4) is 0 Å². The molecule has 0 radical (unpaired) electrons. The van der Waals surface area contributed by atoms with Crippen molar-refractivity contribution in [1.82, 2.24) is 14.5 Å². The van der Waals surface area contributed by atoms with Crippen LogP contribution in [0.25, 0.3) is 21.9 Å². The molecule has 0 spiro atoms. The molecule has 4 heterocycles. The Morgan fingerprint density at radius 3 is 2.64 bits per heavy atom. The van der Waals surface area contributed by atoms with Crippen LogP contribution in [0.5, 0.6) is 0 Å². The number of hydrogen-bond acceptors (Lipinski definition) is 6. The predicted octanol–water partition coefficient (Wildman–Crippen LogP) is 2.07. The highest BCUT2D eigenvalue weighted by molar-refractivity contribution is 7.86. The van der Waals surface area contributed by atoms with Gasteiger partial charge in [-0.15, -0.1) is 0 Å². The topological polar surface area (TPSA) is 77.3 Å². The second kappa shape index (κ2) is 5.96. The van der Waals surface area contributed by atoms with E-state index in [1.165, 1.54) is 0 Å². The maximum absolute atomic E-state index is 11.3. The summed E-state index contributed by atoms with van der Waals surface area (Å²) in [6.07, 6.45) is 5.86. The molecule has 1 saturated heterocycles. The monoisotopic (exact) mass is 360 g/mol. The highest BCUT2D eigenvalue weighted by Gasteiger charge is 2.24. The molecular weight excluding hydrogens is 340 g/mol. The summed E-state index contributed by atoms with van der Waals surface area (Å²) < 4.78 is 29.7. The Balaban J connectivity index is 1.61. The summed E-state index contributed by atoms with van der Waals surface area (Å²) in [6, 6.07) is 6.10. The smallest absolute Gasteiger partial charge is 0.264 e. The average molecular weight is 360 g/mol. The van der Waals surface area contributed by atoms with Crippen LogP contribution in [0.4, 0.5) is 5.82 Å². The van der Waals surface area contributed by atoms with Crippen LogP contribution >= 0.6 is 0 Å². The lowest BCUT2D eigenvalue weighted by Crippen LogP contribution is -2.38. The standard InChI is InChI=1S/C17H20N4O3S/c1-20-15-5-8-18-11-14(15)13-3-4-16(19-17(13)20)21-9-6-12(7-10-21)24-25(2,22)23/h3-5,8,11-12H,6-7,9-10H2,1-2H3. The first kappa shape index (κ1) is 16.3. The van der Waals surface area contributed by atoms with Gasteiger partial charge in [0.15, 0.2) is 0 Å². The normalized spacial score (nSPS) is 16.8. The van der Waals surface area contributed by atoms with Crippen molar-refractivity contribution in [2.45, 2.75) is 18.9 Å². The summed E-state index contributed by atoms with van der Waals surface area (Å²) in [5.41, 5.74) is 2.03. The summed E-state index contributed by atoms with van der Waals surface area (Å²) in [6.45, 7) is 1.45. The van der Waals surface area contributed by atoms with Crippen LogP contribution in [-0.4, -0.2) is 48.4 Å². The van der Waals surface area contributed by atoms with Crippen molar-refractivity contribution in [3.8, 4) is 0 Å². The Hall–Kier alpha value is -2.19. The molecule has 7 nitrogen and oxygen atoms in total. The van der Waals surface area contributed by atoms with Crippen LogP contribution in [0.2, 0.25) is 0 Å². The van der Waals surface area contributed by atoms with E-state index < -0.39 is 10.1 Å². The first-order chi connectivity index (χ1) is 11.9. The van der Waals surface area contributed by atoms with E-state index in [1.807, 2.05) is 25.4 Å². The lowest BCUT2D eigenvalue weighted by molar-refractivity contribution is 0.180. The molecule has 1 aliphatic heterocycles. The number of anilines is 1. The van der Waals surface area contributed by atoms with Gasteiger partial charge in [-0.3, -0.25) is 9.17 Å². The Kier molecular flexibility index (Phi) is 3.88. The van der Waals surface area contributed by atoms with Crippen molar-refractivity contribution in [3.05, 3.63) is 30.6 Å². The van der Waals surface area contributed by atoms with Gasteiger partial charge >= 0.3 is 0 Å². The lowest BCUT2D eigenvalue weighted by atomic mass is 10.1. The molecule has 1 fully saturated rings. The van der Waals surface area contributed by atoms with Crippen molar-refractivity contribution < 1.29 is 12.6 Å². The maximum Gasteiger partial charge on any atom is 0.264 e. The van der Waals surface area contributed by atoms with Gasteiger partial charge in [0.2, 0.25) is 0 Å². The second-order valence-electron chi connectivity index (χ2n) is 6.48. The van der Waals surface area contributed by atoms with Crippen molar-refractivity contribution in [2.24, 2.45) is 7.05 Å². The van der Waals surface area contributed by atoms with Crippen LogP contribution < -0.4 is 4.90 Å². The third-order valence-electron chi connectivity index (χ3n) is 4.70. The molecule has 0 saturated carbocycles. The van der Waals surface area contributed by atoms with Gasteiger partial charge in [0.1, 0.15) is 11.5 Å². The van der Waals surface area contributed by atoms with Crippen LogP contribution in [-0.2, 0) is 21.3 Å². The average Bonchev–Trinajstić information content (AvgIpc) is 2.87. The Morgan fingerprint density at radius 2 is 1.92 bits per heavy atom. The number of rotatable bonds is 3. The molecule has 1 aliphatic rings. The molecule has 0 bridgehead atoms. The third-order valence-corrected chi connectivity index (χ3v) is 5.33. The van der Waals surface area contributed by atoms with Crippen LogP contribution in [0.1, 0.15) is 12.8 Å². The number of hydrogen-bond donors (Lipinski definition) is 0. The van der Waals surface area contributed by atoms with Crippen molar-refractivity contribution in [1.29, 1.82) is 0 Å². The first-order valence-electron chi connectivity index (χ1n) is 8.25. The molecular formula is C17H20N4O3S. The van der Waals surface area contributed by atoms with Crippen molar-refractivity contribution in [2.75, 3.05) is 24.2 Å². The molecule has 0 unspecified atom stereocenters. The Labute approximate surface area is 146 Å². The fourth-order valence-corrected chi connectivity index (χ4v) is 4.20. The van der Waals surface area contributed by atoms with E-state index in [9.17, 15) is 8.42 Å². The number of piperidine rings is 1. The summed E-state index contributed by atoms with van der Waals surface area (Å²) in [5, 5.41) is 2.18. The number of nitrogens with zero attached hydrogens (tertiary/aromatic N) is 4. The molecule has 3 aromatic rings. The molecule has 4 rings (SSSR count). The fraction of sp³-hybridized carbons (Fsp3) is 0.412. The minimum Gasteiger partial charge on any atom is -0.356 e. The number of aromatic nitrogens is 3. The van der Waals surface area contributed by atoms with E-state index in [1.54, 1.807) is 6.20 Å². The molecule has 0 aliphatic carbocycles. The molecule has 0 atom stereocenters. The van der Waals surface area contributed by atoms with Gasteiger partial charge in [0, 0.05) is 43.3 Å². The summed E-state index contributed by atoms with van der Waals surface area (Å²) >= 11 is 0. The molecule has 132 valence electrons. The van der Waals surface area contributed by atoms with Gasteiger partial charge in [-0.1, -0.05) is 0 Å². The van der Waals surface area contributed by atoms with E-state index in [4.69, 9.17) is 9.17 Å². The van der Waals surface area contributed by atoms with E-state index in [0.717, 1.165) is 47.1 Å². The molecule has 3 aromatic heterocycles. The van der Waals surface area contributed by atoms with Crippen molar-refractivity contribution >= 4 is 37.9 Å². The van der Waals surface area contributed by atoms with Crippen LogP contribution in [0.15, 0.2) is 30.6 Å². The first-order valence-corrected chi connectivity index (χ1v) is 10.1. The highest BCUT2D eigenvalue weighted by atomic mass is 32.2. The van der Waals surface area contributed by atoms with E-state index in [0.29, 0.717) is 12.8 Å². The summed E-state index contributed by atoms with van der Waals surface area (Å²) in [7, 11) is -1.39. The van der Waals surface area contributed by atoms with Gasteiger partial charge < -0.3 is 9.47 Å². The third kappa shape index (κ3) is 3.07. The van der Waals surface area contributed by atoms with E-state index in [-0.39, 0.29) is 6.10 Å². The summed E-state index contributed by atoms with van der Waals surface area (Å²) in [4.78, 5) is 11.2. The predicted molar refractivity (Wildman–Crippen MR) is 97.2 cm³/mol. The molecule has 25 heavy (non-hydrogen) atoms. The Bertz CT molecular complexity index is 1040. The molecule has 0 amide bonds. The van der Waals surface area contributed by atoms with E-state index >= 15 is 0 Å². The van der Waals surface area contributed by atoms with Gasteiger partial charge in [-0.05, 0) is 31.0 Å². The highest BCUT2D eigenvalue weighted by Crippen LogP contribution is 2.29. The molecule has 8 heteroatoms. The maximum atomic E-state index is 11.3. The second-order valence-corrected chi connectivity index (χ2v) is 8.08. The van der Waals surface area contributed by atoms with Gasteiger partial charge in [-0.2, -0.15) is 8.42 Å². The zero-order valence-electron chi connectivity index (χ0n) is 14.2. The van der Waals surface area contributed by atoms with Gasteiger partial charge in [-0.25, -0.2) is 4.98 Å². The minimum absolute atomic E-state index is 0.237. The molecule has 0 aromatic carbocycles. The lowest BCUT2D eigenvalue weighted by Gasteiger charge is -2.32. The SMILES string of the molecule is Cn1c2ccncc2c2ccc(N3CCC(OS(C)(=O)=O)CC3)nc21. The Morgan fingerprint density at radius 1 is 1.16 bits per heavy atom. The fourth-order valence-electron chi connectivity index (χ4n) is 3.51. The zero-order chi connectivity index (χ0) is 17.6. The largest absolute Gasteiger partial charge is 0.356 e. The number of pyridine rings is 2. The van der Waals surface area contributed by atoms with Gasteiger partial charge in [0.25, 0.3) is 10.1 Å². The number of fused-ring (bicyclic) bond motifs is 3. The zero-order valence-corrected chi connectivity index (χ0v) is 15.0. The quantitative estimate of drug-likeness (QED) is 0.666. The van der Waals surface area contributed by atoms with Crippen LogP contribution in [0, 0.1) is 0 Å². The number of aryl methyl sites for hydroxylation is 1. The molecule has 0 N–H and O–H groups in total. The minimum atomic E-state index is -3.40. The van der Waals surface area contributed by atoms with Crippen molar-refractivity contribution in [3.63, 3.8) is 0 Å².